The fraction of sp³-hybridized carbons (Fsp3) is 0.111. The molecule has 0 radical (unpaired) electrons. The number of rotatable bonds is 5. The van der Waals surface area contributed by atoms with Crippen molar-refractivity contribution in [2.24, 2.45) is 0 Å². The molecule has 2 aromatic carbocycles. The van der Waals surface area contributed by atoms with Crippen molar-refractivity contribution in [3.63, 3.8) is 0 Å². The SMILES string of the molecule is Cc1cc(Oc2ncnc(Nc3cccc(Cl)c3)c2[N+](=O)[O-])cc(C)c1Cl. The van der Waals surface area contributed by atoms with Crippen LogP contribution >= 0.6 is 23.2 Å². The quantitative estimate of drug-likeness (QED) is 0.423. The van der Waals surface area contributed by atoms with Gasteiger partial charge in [-0.25, -0.2) is 4.98 Å². The highest BCUT2D eigenvalue weighted by atomic mass is 35.5. The molecule has 27 heavy (non-hydrogen) atoms. The van der Waals surface area contributed by atoms with Gasteiger partial charge in [-0.15, -0.1) is 0 Å². The van der Waals surface area contributed by atoms with Gasteiger partial charge in [0, 0.05) is 15.7 Å². The number of aryl methyl sites for hydroxylation is 2. The van der Waals surface area contributed by atoms with Crippen molar-refractivity contribution >= 4 is 40.4 Å². The van der Waals surface area contributed by atoms with Crippen LogP contribution in [0.2, 0.25) is 10.0 Å². The van der Waals surface area contributed by atoms with Crippen molar-refractivity contribution in [2.45, 2.75) is 13.8 Å². The molecule has 0 aliphatic rings. The number of nitro groups is 1. The molecule has 0 saturated heterocycles. The lowest BCUT2D eigenvalue weighted by Gasteiger charge is -2.11. The first-order chi connectivity index (χ1) is 12.8. The molecule has 0 unspecified atom stereocenters. The molecule has 3 aromatic rings. The van der Waals surface area contributed by atoms with Crippen LogP contribution in [0, 0.1) is 24.0 Å². The van der Waals surface area contributed by atoms with Crippen LogP contribution in [0.15, 0.2) is 42.7 Å². The molecule has 1 aromatic heterocycles. The maximum Gasteiger partial charge on any atom is 0.373 e. The second kappa shape index (κ2) is 7.77. The van der Waals surface area contributed by atoms with E-state index in [1.54, 1.807) is 36.4 Å². The van der Waals surface area contributed by atoms with Gasteiger partial charge in [0.15, 0.2) is 0 Å². The first-order valence-electron chi connectivity index (χ1n) is 7.81. The third-order valence-electron chi connectivity index (χ3n) is 3.68. The van der Waals surface area contributed by atoms with Crippen LogP contribution in [-0.2, 0) is 0 Å². The number of nitrogens with zero attached hydrogens (tertiary/aromatic N) is 3. The summed E-state index contributed by atoms with van der Waals surface area (Å²) < 4.78 is 5.67. The van der Waals surface area contributed by atoms with E-state index in [1.165, 1.54) is 6.33 Å². The predicted molar refractivity (Wildman–Crippen MR) is 104 cm³/mol. The fourth-order valence-corrected chi connectivity index (χ4v) is 2.77. The number of ether oxygens (including phenoxy) is 1. The Balaban J connectivity index is 2.00. The van der Waals surface area contributed by atoms with Gasteiger partial charge in [-0.1, -0.05) is 29.3 Å². The van der Waals surface area contributed by atoms with Gasteiger partial charge in [0.25, 0.3) is 0 Å². The van der Waals surface area contributed by atoms with Crippen molar-refractivity contribution in [2.75, 3.05) is 5.32 Å². The van der Waals surface area contributed by atoms with Crippen LogP contribution in [0.3, 0.4) is 0 Å². The van der Waals surface area contributed by atoms with E-state index in [1.807, 2.05) is 13.8 Å². The monoisotopic (exact) mass is 404 g/mol. The lowest BCUT2D eigenvalue weighted by molar-refractivity contribution is -0.385. The molecule has 138 valence electrons. The zero-order valence-electron chi connectivity index (χ0n) is 14.4. The standard InChI is InChI=1S/C18H14Cl2N4O3/c1-10-6-14(7-11(2)15(10)20)27-18-16(24(25)26)17(21-9-22-18)23-13-5-3-4-12(19)8-13/h3-9H,1-2H3,(H,21,22,23). The van der Waals surface area contributed by atoms with Gasteiger partial charge >= 0.3 is 11.6 Å². The Hall–Kier alpha value is -2.90. The maximum absolute atomic E-state index is 11.6. The molecule has 0 saturated carbocycles. The Morgan fingerprint density at radius 2 is 1.81 bits per heavy atom. The first-order valence-corrected chi connectivity index (χ1v) is 8.57. The summed E-state index contributed by atoms with van der Waals surface area (Å²) in [5, 5.41) is 15.6. The van der Waals surface area contributed by atoms with Gasteiger partial charge < -0.3 is 10.1 Å². The number of nitrogens with one attached hydrogen (secondary N) is 1. The van der Waals surface area contributed by atoms with Gasteiger partial charge in [-0.2, -0.15) is 4.98 Å². The molecule has 0 aliphatic heterocycles. The average Bonchev–Trinajstić information content (AvgIpc) is 2.59. The van der Waals surface area contributed by atoms with Crippen LogP contribution < -0.4 is 10.1 Å². The van der Waals surface area contributed by atoms with Crippen LogP contribution in [0.5, 0.6) is 11.6 Å². The summed E-state index contributed by atoms with van der Waals surface area (Å²) in [6, 6.07) is 10.1. The van der Waals surface area contributed by atoms with E-state index < -0.39 is 4.92 Å². The lowest BCUT2D eigenvalue weighted by Crippen LogP contribution is -2.03. The van der Waals surface area contributed by atoms with Crippen LogP contribution in [0.1, 0.15) is 11.1 Å². The van der Waals surface area contributed by atoms with Crippen molar-refractivity contribution < 1.29 is 9.66 Å². The Morgan fingerprint density at radius 1 is 1.11 bits per heavy atom. The minimum atomic E-state index is -0.599. The topological polar surface area (TPSA) is 90.2 Å². The third kappa shape index (κ3) is 4.27. The minimum Gasteiger partial charge on any atom is -0.434 e. The predicted octanol–water partition coefficient (Wildman–Crippen LogP) is 5.84. The van der Waals surface area contributed by atoms with Crippen LogP contribution in [-0.4, -0.2) is 14.9 Å². The zero-order valence-corrected chi connectivity index (χ0v) is 15.9. The number of hydrogen-bond donors (Lipinski definition) is 1. The number of halogens is 2. The van der Waals surface area contributed by atoms with E-state index in [9.17, 15) is 10.1 Å². The molecule has 1 N–H and O–H groups in total. The molecule has 0 spiro atoms. The molecule has 0 fully saturated rings. The van der Waals surface area contributed by atoms with Gasteiger partial charge in [0.1, 0.15) is 12.1 Å². The number of aromatic nitrogens is 2. The average molecular weight is 405 g/mol. The molecule has 7 nitrogen and oxygen atoms in total. The summed E-state index contributed by atoms with van der Waals surface area (Å²) in [5.74, 6) is 0.209. The highest BCUT2D eigenvalue weighted by Gasteiger charge is 2.25. The largest absolute Gasteiger partial charge is 0.434 e. The molecule has 0 aliphatic carbocycles. The summed E-state index contributed by atoms with van der Waals surface area (Å²) in [6.07, 6.45) is 1.19. The number of anilines is 2. The van der Waals surface area contributed by atoms with Crippen molar-refractivity contribution in [3.05, 3.63) is 74.0 Å². The van der Waals surface area contributed by atoms with Gasteiger partial charge in [-0.05, 0) is 55.3 Å². The minimum absolute atomic E-state index is 0.00493. The van der Waals surface area contributed by atoms with E-state index in [0.717, 1.165) is 11.1 Å². The first kappa shape index (κ1) is 18.9. The molecule has 0 amide bonds. The summed E-state index contributed by atoms with van der Waals surface area (Å²) in [5.41, 5.74) is 1.75. The zero-order chi connectivity index (χ0) is 19.6. The van der Waals surface area contributed by atoms with Crippen molar-refractivity contribution in [1.29, 1.82) is 0 Å². The molecule has 9 heteroatoms. The highest BCUT2D eigenvalue weighted by Crippen LogP contribution is 2.37. The number of hydrogen-bond acceptors (Lipinski definition) is 6. The molecule has 0 bridgehead atoms. The van der Waals surface area contributed by atoms with Crippen molar-refractivity contribution in [1.82, 2.24) is 9.97 Å². The lowest BCUT2D eigenvalue weighted by atomic mass is 10.1. The van der Waals surface area contributed by atoms with E-state index >= 15 is 0 Å². The van der Waals surface area contributed by atoms with E-state index in [-0.39, 0.29) is 17.4 Å². The van der Waals surface area contributed by atoms with Gasteiger partial charge in [0.2, 0.25) is 5.82 Å². The van der Waals surface area contributed by atoms with E-state index in [4.69, 9.17) is 27.9 Å². The van der Waals surface area contributed by atoms with Crippen LogP contribution in [0.4, 0.5) is 17.2 Å². The van der Waals surface area contributed by atoms with Gasteiger partial charge in [0.05, 0.1) is 4.92 Å². The Labute approximate surface area is 165 Å². The third-order valence-corrected chi connectivity index (χ3v) is 4.51. The Kier molecular flexibility index (Phi) is 5.43. The highest BCUT2D eigenvalue weighted by molar-refractivity contribution is 6.32. The van der Waals surface area contributed by atoms with Crippen molar-refractivity contribution in [3.8, 4) is 11.6 Å². The van der Waals surface area contributed by atoms with Crippen LogP contribution in [0.25, 0.3) is 0 Å². The summed E-state index contributed by atoms with van der Waals surface area (Å²) in [4.78, 5) is 18.9. The smallest absolute Gasteiger partial charge is 0.373 e. The summed E-state index contributed by atoms with van der Waals surface area (Å²) in [7, 11) is 0. The molecule has 1 heterocycles. The fourth-order valence-electron chi connectivity index (χ4n) is 2.47. The molecular weight excluding hydrogens is 391 g/mol. The summed E-state index contributed by atoms with van der Waals surface area (Å²) >= 11 is 12.1. The normalized spacial score (nSPS) is 10.5. The maximum atomic E-state index is 11.6. The number of benzene rings is 2. The summed E-state index contributed by atoms with van der Waals surface area (Å²) in [6.45, 7) is 3.64. The van der Waals surface area contributed by atoms with E-state index in [0.29, 0.717) is 21.5 Å². The van der Waals surface area contributed by atoms with E-state index in [2.05, 4.69) is 15.3 Å². The molecular formula is C18H14Cl2N4O3. The second-order valence-electron chi connectivity index (χ2n) is 5.74. The molecule has 0 atom stereocenters. The Bertz CT molecular complexity index is 1000. The second-order valence-corrected chi connectivity index (χ2v) is 6.56. The Morgan fingerprint density at radius 3 is 2.44 bits per heavy atom. The van der Waals surface area contributed by atoms with Gasteiger partial charge in [-0.3, -0.25) is 10.1 Å². The molecule has 3 rings (SSSR count).